The molecular weight excluding hydrogens is 174 g/mol. The van der Waals surface area contributed by atoms with Crippen molar-refractivity contribution in [3.05, 3.63) is 28.3 Å². The molecule has 1 aromatic rings. The van der Waals surface area contributed by atoms with Crippen LogP contribution in [-0.4, -0.2) is 5.11 Å². The molecule has 0 heterocycles. The second kappa shape index (κ2) is 3.62. The lowest BCUT2D eigenvalue weighted by atomic mass is 9.85. The molecule has 0 saturated heterocycles. The number of nitrogens with two attached hydrogens (primary N) is 1. The van der Waals surface area contributed by atoms with Gasteiger partial charge in [-0.2, -0.15) is 0 Å². The topological polar surface area (TPSA) is 46.2 Å². The molecule has 2 rings (SSSR count). The van der Waals surface area contributed by atoms with Crippen LogP contribution in [0.5, 0.6) is 5.75 Å². The van der Waals surface area contributed by atoms with Crippen LogP contribution in [-0.2, 0) is 19.4 Å². The van der Waals surface area contributed by atoms with Crippen molar-refractivity contribution in [1.82, 2.24) is 0 Å². The Morgan fingerprint density at radius 3 is 2.57 bits per heavy atom. The summed E-state index contributed by atoms with van der Waals surface area (Å²) in [6.45, 7) is 2.53. The Balaban J connectivity index is 2.61. The van der Waals surface area contributed by atoms with Gasteiger partial charge in [0.1, 0.15) is 5.75 Å². The number of phenolic OH excluding ortho intramolecular Hbond substituents is 1. The first-order valence-corrected chi connectivity index (χ1v) is 5.27. The monoisotopic (exact) mass is 191 g/mol. The number of aromatic hydroxyl groups is 1. The maximum absolute atomic E-state index is 9.77. The zero-order chi connectivity index (χ0) is 10.1. The molecule has 0 saturated carbocycles. The molecule has 0 aliphatic heterocycles. The maximum Gasteiger partial charge on any atom is 0.120 e. The van der Waals surface area contributed by atoms with Gasteiger partial charge in [0.25, 0.3) is 0 Å². The summed E-state index contributed by atoms with van der Waals surface area (Å²) in [4.78, 5) is 0. The van der Waals surface area contributed by atoms with E-state index in [1.807, 2.05) is 6.07 Å². The minimum atomic E-state index is 0.380. The molecule has 0 atom stereocenters. The van der Waals surface area contributed by atoms with Crippen LogP contribution in [0.1, 0.15) is 35.1 Å². The zero-order valence-electron chi connectivity index (χ0n) is 8.64. The number of hydrogen-bond acceptors (Lipinski definition) is 2. The van der Waals surface area contributed by atoms with Gasteiger partial charge in [-0.3, -0.25) is 0 Å². The molecular formula is C12H17NO. The van der Waals surface area contributed by atoms with Gasteiger partial charge in [0, 0.05) is 12.1 Å². The normalized spacial score (nSPS) is 15.3. The molecule has 3 N–H and O–H groups in total. The Kier molecular flexibility index (Phi) is 2.46. The highest BCUT2D eigenvalue weighted by Crippen LogP contribution is 2.32. The fraction of sp³-hybridized carbons (Fsp3) is 0.500. The average molecular weight is 191 g/mol. The summed E-state index contributed by atoms with van der Waals surface area (Å²) >= 11 is 0. The highest BCUT2D eigenvalue weighted by molar-refractivity contribution is 5.49. The maximum atomic E-state index is 9.77. The number of aryl methyl sites for hydroxylation is 1. The summed E-state index contributed by atoms with van der Waals surface area (Å²) in [6.07, 6.45) is 4.72. The van der Waals surface area contributed by atoms with Crippen LogP contribution in [0.4, 0.5) is 0 Å². The molecule has 1 aliphatic carbocycles. The minimum absolute atomic E-state index is 0.380. The first-order valence-electron chi connectivity index (χ1n) is 5.27. The highest BCUT2D eigenvalue weighted by atomic mass is 16.3. The molecule has 1 aromatic carbocycles. The van der Waals surface area contributed by atoms with Gasteiger partial charge in [-0.1, -0.05) is 0 Å². The van der Waals surface area contributed by atoms with Crippen molar-refractivity contribution in [2.45, 2.75) is 39.2 Å². The molecule has 0 spiro atoms. The molecule has 1 aliphatic rings. The molecule has 0 bridgehead atoms. The fourth-order valence-corrected chi connectivity index (χ4v) is 2.44. The van der Waals surface area contributed by atoms with E-state index >= 15 is 0 Å². The van der Waals surface area contributed by atoms with Gasteiger partial charge >= 0.3 is 0 Å². The van der Waals surface area contributed by atoms with Crippen molar-refractivity contribution in [3.63, 3.8) is 0 Å². The van der Waals surface area contributed by atoms with E-state index in [0.29, 0.717) is 12.3 Å². The lowest BCUT2D eigenvalue weighted by Gasteiger charge is -2.22. The summed E-state index contributed by atoms with van der Waals surface area (Å²) in [5.41, 5.74) is 10.6. The number of fused-ring (bicyclic) bond motifs is 1. The van der Waals surface area contributed by atoms with Crippen LogP contribution in [0.2, 0.25) is 0 Å². The lowest BCUT2D eigenvalue weighted by molar-refractivity contribution is 0.465. The predicted octanol–water partition coefficient (Wildman–Crippen LogP) is 2.04. The molecule has 0 unspecified atom stereocenters. The van der Waals surface area contributed by atoms with Gasteiger partial charge in [-0.25, -0.2) is 0 Å². The minimum Gasteiger partial charge on any atom is -0.508 e. The molecule has 0 amide bonds. The Bertz CT molecular complexity index is 338. The Morgan fingerprint density at radius 1 is 1.29 bits per heavy atom. The van der Waals surface area contributed by atoms with Crippen molar-refractivity contribution in [3.8, 4) is 5.75 Å². The van der Waals surface area contributed by atoms with Crippen LogP contribution in [0.3, 0.4) is 0 Å². The smallest absolute Gasteiger partial charge is 0.120 e. The summed E-state index contributed by atoms with van der Waals surface area (Å²) in [5, 5.41) is 9.77. The third-order valence-electron chi connectivity index (χ3n) is 3.17. The summed E-state index contributed by atoms with van der Waals surface area (Å²) in [5.74, 6) is 0.380. The van der Waals surface area contributed by atoms with Crippen molar-refractivity contribution in [2.75, 3.05) is 0 Å². The Hall–Kier alpha value is -1.02. The SMILES string of the molecule is Cc1cc(O)c(CN)c2c1CCCC2. The van der Waals surface area contributed by atoms with Crippen molar-refractivity contribution in [1.29, 1.82) is 0 Å². The van der Waals surface area contributed by atoms with E-state index < -0.39 is 0 Å². The van der Waals surface area contributed by atoms with Gasteiger partial charge in [0.2, 0.25) is 0 Å². The van der Waals surface area contributed by atoms with Crippen LogP contribution < -0.4 is 5.73 Å². The molecule has 0 fully saturated rings. The second-order valence-corrected chi connectivity index (χ2v) is 4.06. The molecule has 14 heavy (non-hydrogen) atoms. The van der Waals surface area contributed by atoms with Gasteiger partial charge in [-0.15, -0.1) is 0 Å². The number of hydrogen-bond donors (Lipinski definition) is 2. The number of phenols is 1. The molecule has 0 aromatic heterocycles. The average Bonchev–Trinajstić information content (AvgIpc) is 2.18. The molecule has 0 radical (unpaired) electrons. The first kappa shape index (κ1) is 9.53. The van der Waals surface area contributed by atoms with Gasteiger partial charge in [0.15, 0.2) is 0 Å². The lowest BCUT2D eigenvalue weighted by Crippen LogP contribution is -2.11. The summed E-state index contributed by atoms with van der Waals surface area (Å²) in [6, 6.07) is 1.85. The first-order chi connectivity index (χ1) is 6.74. The van der Waals surface area contributed by atoms with Gasteiger partial charge < -0.3 is 10.8 Å². The van der Waals surface area contributed by atoms with E-state index in [-0.39, 0.29) is 0 Å². The highest BCUT2D eigenvalue weighted by Gasteiger charge is 2.17. The van der Waals surface area contributed by atoms with Crippen LogP contribution in [0.25, 0.3) is 0 Å². The number of benzene rings is 1. The fourth-order valence-electron chi connectivity index (χ4n) is 2.44. The third kappa shape index (κ3) is 1.40. The zero-order valence-corrected chi connectivity index (χ0v) is 8.64. The van der Waals surface area contributed by atoms with E-state index in [1.165, 1.54) is 29.5 Å². The van der Waals surface area contributed by atoms with E-state index in [2.05, 4.69) is 6.92 Å². The summed E-state index contributed by atoms with van der Waals surface area (Å²) < 4.78 is 0. The Labute approximate surface area is 84.7 Å². The van der Waals surface area contributed by atoms with Crippen molar-refractivity contribution < 1.29 is 5.11 Å². The standard InChI is InChI=1S/C12H17NO/c1-8-6-12(14)11(7-13)10-5-3-2-4-9(8)10/h6,14H,2-5,7,13H2,1H3. The predicted molar refractivity (Wildman–Crippen MR) is 57.4 cm³/mol. The number of rotatable bonds is 1. The van der Waals surface area contributed by atoms with Crippen LogP contribution in [0, 0.1) is 6.92 Å². The van der Waals surface area contributed by atoms with Crippen molar-refractivity contribution in [2.24, 2.45) is 5.73 Å². The third-order valence-corrected chi connectivity index (χ3v) is 3.17. The van der Waals surface area contributed by atoms with Gasteiger partial charge in [-0.05, 0) is 55.4 Å². The van der Waals surface area contributed by atoms with E-state index in [0.717, 1.165) is 18.4 Å². The molecule has 2 nitrogen and oxygen atoms in total. The van der Waals surface area contributed by atoms with E-state index in [9.17, 15) is 5.11 Å². The molecule has 2 heteroatoms. The summed E-state index contributed by atoms with van der Waals surface area (Å²) in [7, 11) is 0. The van der Waals surface area contributed by atoms with E-state index in [1.54, 1.807) is 0 Å². The second-order valence-electron chi connectivity index (χ2n) is 4.06. The Morgan fingerprint density at radius 2 is 1.93 bits per heavy atom. The molecule has 76 valence electrons. The van der Waals surface area contributed by atoms with Crippen LogP contribution >= 0.6 is 0 Å². The quantitative estimate of drug-likeness (QED) is 0.713. The van der Waals surface area contributed by atoms with Gasteiger partial charge in [0.05, 0.1) is 0 Å². The van der Waals surface area contributed by atoms with E-state index in [4.69, 9.17) is 5.73 Å². The van der Waals surface area contributed by atoms with Crippen LogP contribution in [0.15, 0.2) is 6.07 Å². The van der Waals surface area contributed by atoms with Crippen molar-refractivity contribution >= 4 is 0 Å². The largest absolute Gasteiger partial charge is 0.508 e.